The van der Waals surface area contributed by atoms with Gasteiger partial charge in [-0.15, -0.1) is 0 Å². The Hall–Kier alpha value is -2.39. The van der Waals surface area contributed by atoms with Crippen LogP contribution in [0.5, 0.6) is 0 Å². The lowest BCUT2D eigenvalue weighted by atomic mass is 9.93. The second-order valence-electron chi connectivity index (χ2n) is 8.58. The van der Waals surface area contributed by atoms with Crippen LogP contribution in [0.4, 0.5) is 0 Å². The molecule has 0 atom stereocenters. The van der Waals surface area contributed by atoms with E-state index in [4.69, 9.17) is 4.43 Å². The molecule has 0 N–H and O–H groups in total. The van der Waals surface area contributed by atoms with E-state index in [1.54, 1.807) is 0 Å². The number of hydrogen-bond donors (Lipinski definition) is 0. The highest BCUT2D eigenvalue weighted by Gasteiger charge is 2.42. The Labute approximate surface area is 155 Å². The van der Waals surface area contributed by atoms with Crippen LogP contribution in [0.15, 0.2) is 54.3 Å². The number of Topliss-reactive ketones (excluding diaryl/α,β-unsaturated/α-hetero) is 1. The van der Waals surface area contributed by atoms with E-state index in [0.717, 1.165) is 27.3 Å². The Balaban J connectivity index is 1.95. The van der Waals surface area contributed by atoms with Gasteiger partial charge in [0.1, 0.15) is 0 Å². The molecule has 3 aromatic carbocycles. The van der Waals surface area contributed by atoms with Gasteiger partial charge >= 0.3 is 0 Å². The van der Waals surface area contributed by atoms with Crippen LogP contribution in [-0.2, 0) is 4.43 Å². The summed E-state index contributed by atoms with van der Waals surface area (Å²) < 4.78 is 6.41. The molecule has 0 spiro atoms. The third-order valence-electron chi connectivity index (χ3n) is 5.87. The summed E-state index contributed by atoms with van der Waals surface area (Å²) in [5.41, 5.74) is 1.78. The standard InChI is InChI=1S/C23H24O2Si/c1-23(2,3)26(4,5)25-20-14-19-17-12-7-6-10-15(17)16-11-8-9-13-18(16)21(19)22(20)24/h6-14H,1-5H3. The van der Waals surface area contributed by atoms with E-state index in [-0.39, 0.29) is 10.8 Å². The van der Waals surface area contributed by atoms with Crippen molar-refractivity contribution in [1.82, 2.24) is 0 Å². The minimum Gasteiger partial charge on any atom is -0.541 e. The molecule has 0 bridgehead atoms. The average Bonchev–Trinajstić information content (AvgIpc) is 2.91. The number of allylic oxidation sites excluding steroid dienone is 1. The maximum atomic E-state index is 13.3. The lowest BCUT2D eigenvalue weighted by molar-refractivity contribution is 0.0989. The highest BCUT2D eigenvalue weighted by molar-refractivity contribution is 6.74. The zero-order valence-electron chi connectivity index (χ0n) is 16.0. The number of hydrogen-bond acceptors (Lipinski definition) is 2. The molecular weight excluding hydrogens is 336 g/mol. The third kappa shape index (κ3) is 2.42. The monoisotopic (exact) mass is 360 g/mol. The Morgan fingerprint density at radius 3 is 1.88 bits per heavy atom. The molecule has 0 aliphatic heterocycles. The fourth-order valence-corrected chi connectivity index (χ4v) is 4.39. The number of rotatable bonds is 2. The molecule has 0 heterocycles. The summed E-state index contributed by atoms with van der Waals surface area (Å²) in [5.74, 6) is 0.528. The van der Waals surface area contributed by atoms with E-state index >= 15 is 0 Å². The molecule has 1 aliphatic rings. The molecule has 3 heteroatoms. The van der Waals surface area contributed by atoms with E-state index in [2.05, 4.69) is 58.1 Å². The maximum Gasteiger partial charge on any atom is 0.250 e. The molecule has 2 nitrogen and oxygen atoms in total. The highest BCUT2D eigenvalue weighted by Crippen LogP contribution is 2.43. The number of fused-ring (bicyclic) bond motifs is 6. The normalized spacial score (nSPS) is 14.7. The molecule has 26 heavy (non-hydrogen) atoms. The van der Waals surface area contributed by atoms with E-state index in [1.807, 2.05) is 30.3 Å². The summed E-state index contributed by atoms with van der Waals surface area (Å²) in [6.45, 7) is 10.9. The number of benzene rings is 3. The zero-order valence-corrected chi connectivity index (χ0v) is 17.0. The highest BCUT2D eigenvalue weighted by atomic mass is 28.4. The Bertz CT molecular complexity index is 1080. The van der Waals surface area contributed by atoms with Crippen molar-refractivity contribution in [2.75, 3.05) is 0 Å². The fraction of sp³-hybridized carbons (Fsp3) is 0.261. The number of carbonyl (C=O) groups excluding carboxylic acids is 1. The maximum absolute atomic E-state index is 13.3. The zero-order chi connectivity index (χ0) is 18.7. The van der Waals surface area contributed by atoms with Crippen LogP contribution in [0.1, 0.15) is 36.7 Å². The molecule has 0 unspecified atom stereocenters. The molecule has 4 rings (SSSR count). The summed E-state index contributed by atoms with van der Waals surface area (Å²) in [5, 5.41) is 4.48. The summed E-state index contributed by atoms with van der Waals surface area (Å²) in [4.78, 5) is 13.3. The lowest BCUT2D eigenvalue weighted by Gasteiger charge is -2.36. The van der Waals surface area contributed by atoms with Crippen molar-refractivity contribution in [3.63, 3.8) is 0 Å². The minimum absolute atomic E-state index is 0.0202. The van der Waals surface area contributed by atoms with E-state index in [0.29, 0.717) is 5.76 Å². The van der Waals surface area contributed by atoms with Crippen molar-refractivity contribution in [1.29, 1.82) is 0 Å². The van der Waals surface area contributed by atoms with Gasteiger partial charge in [-0.2, -0.15) is 0 Å². The van der Waals surface area contributed by atoms with Crippen LogP contribution in [0, 0.1) is 0 Å². The first-order valence-electron chi connectivity index (χ1n) is 9.09. The predicted molar refractivity (Wildman–Crippen MR) is 112 cm³/mol. The van der Waals surface area contributed by atoms with E-state index < -0.39 is 8.32 Å². The SMILES string of the molecule is CC(C)(C)[Si](C)(C)OC1=Cc2c(c3ccccc3c3ccccc23)C1=O. The quantitative estimate of drug-likeness (QED) is 0.382. The van der Waals surface area contributed by atoms with Crippen LogP contribution >= 0.6 is 0 Å². The predicted octanol–water partition coefficient (Wildman–Crippen LogP) is 6.55. The lowest BCUT2D eigenvalue weighted by Crippen LogP contribution is -2.41. The fourth-order valence-electron chi connectivity index (χ4n) is 3.39. The number of carbonyl (C=O) groups is 1. The Morgan fingerprint density at radius 2 is 1.31 bits per heavy atom. The van der Waals surface area contributed by atoms with E-state index in [9.17, 15) is 4.79 Å². The van der Waals surface area contributed by atoms with Crippen molar-refractivity contribution in [3.8, 4) is 0 Å². The van der Waals surface area contributed by atoms with Crippen LogP contribution < -0.4 is 0 Å². The molecule has 0 saturated heterocycles. The van der Waals surface area contributed by atoms with Crippen LogP contribution in [0.3, 0.4) is 0 Å². The first-order valence-corrected chi connectivity index (χ1v) is 12.0. The molecule has 0 aromatic heterocycles. The van der Waals surface area contributed by atoms with Gasteiger partial charge < -0.3 is 4.43 Å². The average molecular weight is 361 g/mol. The van der Waals surface area contributed by atoms with Crippen molar-refractivity contribution in [3.05, 3.63) is 65.4 Å². The molecule has 0 saturated carbocycles. The van der Waals surface area contributed by atoms with Gasteiger partial charge in [-0.1, -0.05) is 69.3 Å². The van der Waals surface area contributed by atoms with Gasteiger partial charge in [0, 0.05) is 5.56 Å². The molecule has 3 aromatic rings. The second-order valence-corrected chi connectivity index (χ2v) is 13.3. The van der Waals surface area contributed by atoms with Crippen molar-refractivity contribution in [2.45, 2.75) is 38.9 Å². The summed E-state index contributed by atoms with van der Waals surface area (Å²) in [6, 6.07) is 16.5. The summed E-state index contributed by atoms with van der Waals surface area (Å²) in [6.07, 6.45) is 1.97. The van der Waals surface area contributed by atoms with Gasteiger partial charge in [0.15, 0.2) is 5.76 Å². The van der Waals surface area contributed by atoms with Gasteiger partial charge in [0.05, 0.1) is 0 Å². The van der Waals surface area contributed by atoms with Gasteiger partial charge in [-0.25, -0.2) is 0 Å². The molecule has 132 valence electrons. The van der Waals surface area contributed by atoms with Crippen molar-refractivity contribution >= 4 is 41.7 Å². The van der Waals surface area contributed by atoms with Crippen molar-refractivity contribution in [2.24, 2.45) is 0 Å². The molecule has 0 amide bonds. The smallest absolute Gasteiger partial charge is 0.250 e. The molecule has 0 fully saturated rings. The summed E-state index contributed by atoms with van der Waals surface area (Å²) >= 11 is 0. The Kier molecular flexibility index (Phi) is 3.64. The first-order chi connectivity index (χ1) is 12.2. The third-order valence-corrected chi connectivity index (χ3v) is 10.2. The molecular formula is C23H24O2Si. The topological polar surface area (TPSA) is 26.3 Å². The van der Waals surface area contributed by atoms with Crippen LogP contribution in [-0.4, -0.2) is 14.1 Å². The van der Waals surface area contributed by atoms with Crippen molar-refractivity contribution < 1.29 is 9.22 Å². The van der Waals surface area contributed by atoms with Gasteiger partial charge in [-0.3, -0.25) is 4.79 Å². The second kappa shape index (κ2) is 5.55. The largest absolute Gasteiger partial charge is 0.541 e. The Morgan fingerprint density at radius 1 is 0.808 bits per heavy atom. The number of ketones is 1. The van der Waals surface area contributed by atoms with Gasteiger partial charge in [0.2, 0.25) is 5.78 Å². The minimum atomic E-state index is -2.07. The molecule has 0 radical (unpaired) electrons. The first kappa shape index (κ1) is 17.0. The van der Waals surface area contributed by atoms with Gasteiger partial charge in [-0.05, 0) is 51.3 Å². The van der Waals surface area contributed by atoms with E-state index in [1.165, 1.54) is 5.39 Å². The summed E-state index contributed by atoms with van der Waals surface area (Å²) in [7, 11) is -2.07. The van der Waals surface area contributed by atoms with Crippen LogP contribution in [0.2, 0.25) is 18.1 Å². The molecule has 1 aliphatic carbocycles. The van der Waals surface area contributed by atoms with Crippen LogP contribution in [0.25, 0.3) is 27.6 Å². The van der Waals surface area contributed by atoms with Gasteiger partial charge in [0.25, 0.3) is 8.32 Å².